The molecule has 0 spiro atoms. The number of carboxylic acids is 1. The number of ether oxygens (including phenoxy) is 2. The van der Waals surface area contributed by atoms with Crippen LogP contribution in [0.5, 0.6) is 11.5 Å². The molecule has 2 N–H and O–H groups in total. The highest BCUT2D eigenvalue weighted by Gasteiger charge is 2.20. The molecule has 2 aromatic carbocycles. The van der Waals surface area contributed by atoms with Crippen LogP contribution in [0.3, 0.4) is 0 Å². The maximum atomic E-state index is 11.6. The average molecular weight is 453 g/mol. The summed E-state index contributed by atoms with van der Waals surface area (Å²) in [6.45, 7) is 7.28. The molecule has 176 valence electrons. The Morgan fingerprint density at radius 1 is 1.03 bits per heavy atom. The topological polar surface area (TPSA) is 93.8 Å². The Kier molecular flexibility index (Phi) is 8.49. The van der Waals surface area contributed by atoms with Gasteiger partial charge in [-0.25, -0.2) is 4.79 Å². The molecule has 1 heterocycles. The molecule has 1 atom stereocenters. The van der Waals surface area contributed by atoms with E-state index < -0.39 is 12.1 Å². The van der Waals surface area contributed by atoms with E-state index in [0.29, 0.717) is 43.2 Å². The van der Waals surface area contributed by atoms with Gasteiger partial charge in [0.05, 0.1) is 42.8 Å². The maximum absolute atomic E-state index is 11.6. The first-order chi connectivity index (χ1) is 16.0. The standard InChI is InChI=1S/C26H32N2O5/c1-4-7-14-33-25-13-12-18(26(30)31)15-21(25)22-16-23(28(27-22)17-19(29)5-2)20-10-8-9-11-24(20)32-6-3/h8-13,15-16,19,29H,4-7,14,17H2,1-3H3,(H,30,31)/t19-/m0/s1. The molecule has 7 nitrogen and oxygen atoms in total. The molecule has 0 amide bonds. The van der Waals surface area contributed by atoms with Gasteiger partial charge in [0.2, 0.25) is 0 Å². The third-order valence-electron chi connectivity index (χ3n) is 5.36. The third kappa shape index (κ3) is 5.93. The summed E-state index contributed by atoms with van der Waals surface area (Å²) in [5, 5.41) is 24.6. The van der Waals surface area contributed by atoms with Crippen molar-refractivity contribution in [3.05, 3.63) is 54.1 Å². The first-order valence-electron chi connectivity index (χ1n) is 11.5. The van der Waals surface area contributed by atoms with Crippen molar-refractivity contribution >= 4 is 5.97 Å². The van der Waals surface area contributed by atoms with Crippen LogP contribution < -0.4 is 9.47 Å². The molecule has 0 saturated carbocycles. The van der Waals surface area contributed by atoms with Crippen LogP contribution in [0, 0.1) is 0 Å². The molecule has 0 fully saturated rings. The van der Waals surface area contributed by atoms with Crippen molar-refractivity contribution in [2.45, 2.75) is 52.7 Å². The SMILES string of the molecule is CCCCOc1ccc(C(=O)O)cc1-c1cc(-c2ccccc2OCC)n(C[C@@H](O)CC)n1. The molecule has 0 bridgehead atoms. The van der Waals surface area contributed by atoms with Gasteiger partial charge in [0.1, 0.15) is 11.5 Å². The molecule has 0 unspecified atom stereocenters. The van der Waals surface area contributed by atoms with Crippen molar-refractivity contribution in [3.63, 3.8) is 0 Å². The molecular weight excluding hydrogens is 420 g/mol. The zero-order chi connectivity index (χ0) is 23.8. The zero-order valence-corrected chi connectivity index (χ0v) is 19.5. The summed E-state index contributed by atoms with van der Waals surface area (Å²) in [6, 6.07) is 14.4. The lowest BCUT2D eigenvalue weighted by Crippen LogP contribution is -2.16. The van der Waals surface area contributed by atoms with E-state index in [2.05, 4.69) is 6.92 Å². The summed E-state index contributed by atoms with van der Waals surface area (Å²) in [6.07, 6.45) is 1.90. The summed E-state index contributed by atoms with van der Waals surface area (Å²) in [7, 11) is 0. The van der Waals surface area contributed by atoms with E-state index in [1.54, 1.807) is 16.8 Å². The Morgan fingerprint density at radius 3 is 2.48 bits per heavy atom. The van der Waals surface area contributed by atoms with Gasteiger partial charge in [0, 0.05) is 11.1 Å². The summed E-state index contributed by atoms with van der Waals surface area (Å²) in [5.74, 6) is 0.287. The molecule has 1 aromatic heterocycles. The predicted molar refractivity (Wildman–Crippen MR) is 128 cm³/mol. The molecule has 0 radical (unpaired) electrons. The Hall–Kier alpha value is -3.32. The van der Waals surface area contributed by atoms with E-state index in [1.807, 2.05) is 44.2 Å². The molecule has 0 aliphatic heterocycles. The highest BCUT2D eigenvalue weighted by molar-refractivity contribution is 5.90. The van der Waals surface area contributed by atoms with Crippen molar-refractivity contribution < 1.29 is 24.5 Å². The number of nitrogens with zero attached hydrogens (tertiary/aromatic N) is 2. The lowest BCUT2D eigenvalue weighted by Gasteiger charge is -2.14. The fraction of sp³-hybridized carbons (Fsp3) is 0.385. The quantitative estimate of drug-likeness (QED) is 0.364. The largest absolute Gasteiger partial charge is 0.493 e. The highest BCUT2D eigenvalue weighted by atomic mass is 16.5. The summed E-state index contributed by atoms with van der Waals surface area (Å²) in [5.41, 5.74) is 2.97. The van der Waals surface area contributed by atoms with E-state index in [0.717, 1.165) is 29.8 Å². The second kappa shape index (κ2) is 11.5. The number of unbranched alkanes of at least 4 members (excludes halogenated alkanes) is 1. The van der Waals surface area contributed by atoms with Crippen LogP contribution in [-0.2, 0) is 6.54 Å². The molecule has 0 aliphatic carbocycles. The normalized spacial score (nSPS) is 11.9. The lowest BCUT2D eigenvalue weighted by atomic mass is 10.0. The molecule has 0 saturated heterocycles. The minimum atomic E-state index is -1.01. The van der Waals surface area contributed by atoms with Gasteiger partial charge < -0.3 is 19.7 Å². The molecule has 3 aromatic rings. The van der Waals surface area contributed by atoms with Crippen molar-refractivity contribution in [1.29, 1.82) is 0 Å². The predicted octanol–water partition coefficient (Wildman–Crippen LogP) is 5.26. The number of aromatic carboxylic acids is 1. The van der Waals surface area contributed by atoms with E-state index in [-0.39, 0.29) is 5.56 Å². The smallest absolute Gasteiger partial charge is 0.335 e. The number of carbonyl (C=O) groups is 1. The highest BCUT2D eigenvalue weighted by Crippen LogP contribution is 2.36. The van der Waals surface area contributed by atoms with E-state index in [4.69, 9.17) is 14.6 Å². The maximum Gasteiger partial charge on any atom is 0.335 e. The minimum Gasteiger partial charge on any atom is -0.493 e. The van der Waals surface area contributed by atoms with Crippen LogP contribution >= 0.6 is 0 Å². The fourth-order valence-electron chi connectivity index (χ4n) is 3.51. The van der Waals surface area contributed by atoms with Crippen LogP contribution in [0.4, 0.5) is 0 Å². The van der Waals surface area contributed by atoms with Crippen LogP contribution in [0.2, 0.25) is 0 Å². The second-order valence-corrected chi connectivity index (χ2v) is 7.81. The second-order valence-electron chi connectivity index (χ2n) is 7.81. The molecule has 33 heavy (non-hydrogen) atoms. The number of hydrogen-bond donors (Lipinski definition) is 2. The van der Waals surface area contributed by atoms with Crippen molar-refractivity contribution in [2.75, 3.05) is 13.2 Å². The van der Waals surface area contributed by atoms with Crippen LogP contribution in [-0.4, -0.2) is 45.3 Å². The third-order valence-corrected chi connectivity index (χ3v) is 5.36. The molecule has 0 aliphatic rings. The van der Waals surface area contributed by atoms with E-state index in [1.165, 1.54) is 6.07 Å². The van der Waals surface area contributed by atoms with Gasteiger partial charge in [0.15, 0.2) is 0 Å². The number of aliphatic hydroxyl groups excluding tert-OH is 1. The number of benzene rings is 2. The first kappa shape index (κ1) is 24.3. The molecule has 7 heteroatoms. The van der Waals surface area contributed by atoms with Gasteiger partial charge in [-0.1, -0.05) is 32.4 Å². The van der Waals surface area contributed by atoms with Crippen molar-refractivity contribution in [3.8, 4) is 34.0 Å². The molecular formula is C26H32N2O5. The van der Waals surface area contributed by atoms with Gasteiger partial charge in [-0.15, -0.1) is 0 Å². The van der Waals surface area contributed by atoms with Crippen LogP contribution in [0.1, 0.15) is 50.4 Å². The Morgan fingerprint density at radius 2 is 1.79 bits per heavy atom. The lowest BCUT2D eigenvalue weighted by molar-refractivity contribution is 0.0697. The summed E-state index contributed by atoms with van der Waals surface area (Å²) < 4.78 is 13.6. The van der Waals surface area contributed by atoms with E-state index >= 15 is 0 Å². The number of carboxylic acid groups (broad SMARTS) is 1. The van der Waals surface area contributed by atoms with Crippen LogP contribution in [0.15, 0.2) is 48.5 Å². The van der Waals surface area contributed by atoms with Gasteiger partial charge in [0.25, 0.3) is 0 Å². The van der Waals surface area contributed by atoms with Crippen molar-refractivity contribution in [2.24, 2.45) is 0 Å². The van der Waals surface area contributed by atoms with Gasteiger partial charge in [-0.3, -0.25) is 4.68 Å². The zero-order valence-electron chi connectivity index (χ0n) is 19.5. The molecule has 3 rings (SSSR count). The number of aliphatic hydroxyl groups is 1. The summed E-state index contributed by atoms with van der Waals surface area (Å²) >= 11 is 0. The van der Waals surface area contributed by atoms with Crippen molar-refractivity contribution in [1.82, 2.24) is 9.78 Å². The van der Waals surface area contributed by atoms with Gasteiger partial charge in [-0.2, -0.15) is 5.10 Å². The first-order valence-corrected chi connectivity index (χ1v) is 11.5. The Bertz CT molecular complexity index is 1080. The van der Waals surface area contributed by atoms with Gasteiger partial charge >= 0.3 is 5.97 Å². The van der Waals surface area contributed by atoms with E-state index in [9.17, 15) is 15.0 Å². The number of para-hydroxylation sites is 1. The average Bonchev–Trinajstić information content (AvgIpc) is 3.23. The number of hydrogen-bond acceptors (Lipinski definition) is 5. The van der Waals surface area contributed by atoms with Gasteiger partial charge in [-0.05, 0) is 56.2 Å². The monoisotopic (exact) mass is 452 g/mol. The fourth-order valence-corrected chi connectivity index (χ4v) is 3.51. The minimum absolute atomic E-state index is 0.159. The Labute approximate surface area is 194 Å². The number of aromatic nitrogens is 2. The number of rotatable bonds is 12. The summed E-state index contributed by atoms with van der Waals surface area (Å²) in [4.78, 5) is 11.6. The van der Waals surface area contributed by atoms with Crippen LogP contribution in [0.25, 0.3) is 22.5 Å². The Balaban J connectivity index is 2.15.